The van der Waals surface area contributed by atoms with Gasteiger partial charge in [-0.15, -0.1) is 0 Å². The number of quaternary nitrogens is 1. The summed E-state index contributed by atoms with van der Waals surface area (Å²) < 4.78 is 5.59. The standard InChI is InChI=1S/C16H24ClN3O3/c1-4-18-16(22)12(2)19-15(21)11-20(3)9-10-23-14-7-5-13(17)6-8-14/h5-8,12H,4,9-11H2,1-3H3,(H,18,22)(H,19,21)/p+1/t12-/m0/s1. The van der Waals surface area contributed by atoms with Crippen LogP contribution in [0.3, 0.4) is 0 Å². The zero-order valence-corrected chi connectivity index (χ0v) is 14.6. The average molecular weight is 343 g/mol. The van der Waals surface area contributed by atoms with E-state index in [1.54, 1.807) is 31.2 Å². The SMILES string of the molecule is CCNC(=O)[C@H](C)NC(=O)C[NH+](C)CCOc1ccc(Cl)cc1. The maximum absolute atomic E-state index is 11.9. The Labute approximate surface area is 142 Å². The number of rotatable bonds is 9. The lowest BCUT2D eigenvalue weighted by Crippen LogP contribution is -3.10. The predicted molar refractivity (Wildman–Crippen MR) is 89.9 cm³/mol. The first-order chi connectivity index (χ1) is 10.9. The first-order valence-corrected chi connectivity index (χ1v) is 8.07. The molecule has 1 aromatic carbocycles. The van der Waals surface area contributed by atoms with Gasteiger partial charge >= 0.3 is 0 Å². The zero-order chi connectivity index (χ0) is 17.2. The Morgan fingerprint density at radius 1 is 1.30 bits per heavy atom. The van der Waals surface area contributed by atoms with Gasteiger partial charge in [0.1, 0.15) is 24.9 Å². The Morgan fingerprint density at radius 2 is 1.96 bits per heavy atom. The third-order valence-corrected chi connectivity index (χ3v) is 3.45. The quantitative estimate of drug-likeness (QED) is 0.585. The summed E-state index contributed by atoms with van der Waals surface area (Å²) in [5.74, 6) is 0.411. The second-order valence-corrected chi connectivity index (χ2v) is 5.81. The molecular formula is C16H25ClN3O3+. The number of carbonyl (C=O) groups is 2. The van der Waals surface area contributed by atoms with Gasteiger partial charge in [0.2, 0.25) is 5.91 Å². The Morgan fingerprint density at radius 3 is 2.57 bits per heavy atom. The first kappa shape index (κ1) is 19.3. The predicted octanol–water partition coefficient (Wildman–Crippen LogP) is -0.126. The molecule has 0 aliphatic carbocycles. The van der Waals surface area contributed by atoms with Crippen LogP contribution in [0.4, 0.5) is 0 Å². The molecule has 0 heterocycles. The maximum atomic E-state index is 11.9. The minimum absolute atomic E-state index is 0.159. The van der Waals surface area contributed by atoms with Crippen molar-refractivity contribution < 1.29 is 19.2 Å². The van der Waals surface area contributed by atoms with E-state index >= 15 is 0 Å². The molecule has 23 heavy (non-hydrogen) atoms. The van der Waals surface area contributed by atoms with Gasteiger partial charge < -0.3 is 20.3 Å². The third kappa shape index (κ3) is 7.85. The van der Waals surface area contributed by atoms with E-state index in [0.717, 1.165) is 10.6 Å². The van der Waals surface area contributed by atoms with Crippen molar-refractivity contribution in [3.63, 3.8) is 0 Å². The normalized spacial score (nSPS) is 13.0. The molecule has 1 unspecified atom stereocenters. The highest BCUT2D eigenvalue weighted by molar-refractivity contribution is 6.30. The monoisotopic (exact) mass is 342 g/mol. The summed E-state index contributed by atoms with van der Waals surface area (Å²) in [5, 5.41) is 6.02. The lowest BCUT2D eigenvalue weighted by Gasteiger charge is -2.17. The van der Waals surface area contributed by atoms with E-state index in [2.05, 4.69) is 10.6 Å². The summed E-state index contributed by atoms with van der Waals surface area (Å²) in [7, 11) is 1.90. The van der Waals surface area contributed by atoms with Crippen molar-refractivity contribution in [2.24, 2.45) is 0 Å². The Hall–Kier alpha value is -1.79. The second-order valence-electron chi connectivity index (χ2n) is 5.37. The highest BCUT2D eigenvalue weighted by atomic mass is 35.5. The number of likely N-dealkylation sites (N-methyl/N-ethyl adjacent to an activating group) is 2. The molecule has 128 valence electrons. The molecule has 0 bridgehead atoms. The number of hydrogen-bond donors (Lipinski definition) is 3. The van der Waals surface area contributed by atoms with Gasteiger partial charge in [0.05, 0.1) is 7.05 Å². The fourth-order valence-corrected chi connectivity index (χ4v) is 2.05. The van der Waals surface area contributed by atoms with Gasteiger partial charge in [0, 0.05) is 11.6 Å². The van der Waals surface area contributed by atoms with Crippen molar-refractivity contribution in [2.45, 2.75) is 19.9 Å². The van der Waals surface area contributed by atoms with Crippen molar-refractivity contribution >= 4 is 23.4 Å². The summed E-state index contributed by atoms with van der Waals surface area (Å²) in [4.78, 5) is 24.4. The van der Waals surface area contributed by atoms with Gasteiger partial charge in [-0.3, -0.25) is 9.59 Å². The molecular weight excluding hydrogens is 318 g/mol. The van der Waals surface area contributed by atoms with E-state index in [4.69, 9.17) is 16.3 Å². The van der Waals surface area contributed by atoms with Crippen molar-refractivity contribution in [2.75, 3.05) is 33.3 Å². The van der Waals surface area contributed by atoms with Crippen LogP contribution < -0.4 is 20.3 Å². The van der Waals surface area contributed by atoms with E-state index in [0.29, 0.717) is 24.7 Å². The fourth-order valence-electron chi connectivity index (χ4n) is 1.92. The van der Waals surface area contributed by atoms with Crippen LogP contribution in [0, 0.1) is 0 Å². The van der Waals surface area contributed by atoms with E-state index in [9.17, 15) is 9.59 Å². The van der Waals surface area contributed by atoms with Crippen LogP contribution in [0.1, 0.15) is 13.8 Å². The van der Waals surface area contributed by atoms with Gasteiger partial charge in [-0.2, -0.15) is 0 Å². The molecule has 0 aliphatic heterocycles. The second kappa shape index (κ2) is 10.1. The molecule has 3 N–H and O–H groups in total. The number of nitrogens with one attached hydrogen (secondary N) is 3. The van der Waals surface area contributed by atoms with Gasteiger partial charge in [0.15, 0.2) is 6.54 Å². The largest absolute Gasteiger partial charge is 0.488 e. The van der Waals surface area contributed by atoms with Crippen LogP contribution in [-0.2, 0) is 9.59 Å². The van der Waals surface area contributed by atoms with Crippen LogP contribution in [-0.4, -0.2) is 51.1 Å². The van der Waals surface area contributed by atoms with Gasteiger partial charge in [-0.1, -0.05) is 11.6 Å². The molecule has 1 aromatic rings. The number of carbonyl (C=O) groups excluding carboxylic acids is 2. The summed E-state index contributed by atoms with van der Waals surface area (Å²) in [6.07, 6.45) is 0. The van der Waals surface area contributed by atoms with Crippen LogP contribution in [0.25, 0.3) is 0 Å². The molecule has 0 spiro atoms. The van der Waals surface area contributed by atoms with Crippen molar-refractivity contribution in [3.05, 3.63) is 29.3 Å². The third-order valence-electron chi connectivity index (χ3n) is 3.20. The molecule has 0 saturated heterocycles. The Balaban J connectivity index is 2.24. The van der Waals surface area contributed by atoms with Crippen LogP contribution in [0.15, 0.2) is 24.3 Å². The zero-order valence-electron chi connectivity index (χ0n) is 13.8. The Kier molecular flexibility index (Phi) is 8.43. The van der Waals surface area contributed by atoms with Crippen molar-refractivity contribution in [3.8, 4) is 5.75 Å². The number of hydrogen-bond acceptors (Lipinski definition) is 3. The van der Waals surface area contributed by atoms with E-state index in [1.807, 2.05) is 14.0 Å². The van der Waals surface area contributed by atoms with Crippen molar-refractivity contribution in [1.82, 2.24) is 10.6 Å². The van der Waals surface area contributed by atoms with Crippen LogP contribution >= 0.6 is 11.6 Å². The smallest absolute Gasteiger partial charge is 0.275 e. The summed E-state index contributed by atoms with van der Waals surface area (Å²) in [6, 6.07) is 6.62. The van der Waals surface area contributed by atoms with E-state index in [1.165, 1.54) is 0 Å². The number of ether oxygens (including phenoxy) is 1. The van der Waals surface area contributed by atoms with Crippen LogP contribution in [0.2, 0.25) is 5.02 Å². The molecule has 0 aliphatic rings. The summed E-state index contributed by atoms with van der Waals surface area (Å²) >= 11 is 5.80. The molecule has 0 fully saturated rings. The summed E-state index contributed by atoms with van der Waals surface area (Å²) in [6.45, 7) is 5.51. The maximum Gasteiger partial charge on any atom is 0.275 e. The van der Waals surface area contributed by atoms with E-state index in [-0.39, 0.29) is 18.4 Å². The summed E-state index contributed by atoms with van der Waals surface area (Å²) in [5.41, 5.74) is 0. The van der Waals surface area contributed by atoms with Crippen molar-refractivity contribution in [1.29, 1.82) is 0 Å². The Bertz CT molecular complexity index is 508. The topological polar surface area (TPSA) is 71.9 Å². The average Bonchev–Trinajstić information content (AvgIpc) is 2.49. The first-order valence-electron chi connectivity index (χ1n) is 7.69. The van der Waals surface area contributed by atoms with Gasteiger partial charge in [-0.25, -0.2) is 0 Å². The number of benzene rings is 1. The lowest BCUT2D eigenvalue weighted by atomic mass is 10.3. The van der Waals surface area contributed by atoms with E-state index < -0.39 is 6.04 Å². The molecule has 0 radical (unpaired) electrons. The molecule has 1 rings (SSSR count). The lowest BCUT2D eigenvalue weighted by molar-refractivity contribution is -0.871. The molecule has 2 amide bonds. The molecule has 6 nitrogen and oxygen atoms in total. The molecule has 7 heteroatoms. The number of amides is 2. The van der Waals surface area contributed by atoms with Gasteiger partial charge in [0.25, 0.3) is 5.91 Å². The minimum Gasteiger partial charge on any atom is -0.488 e. The minimum atomic E-state index is -0.527. The highest BCUT2D eigenvalue weighted by Gasteiger charge is 2.17. The molecule has 0 saturated carbocycles. The highest BCUT2D eigenvalue weighted by Crippen LogP contribution is 2.14. The number of halogens is 1. The molecule has 2 atom stereocenters. The van der Waals surface area contributed by atoms with Crippen LogP contribution in [0.5, 0.6) is 5.75 Å². The van der Waals surface area contributed by atoms with Gasteiger partial charge in [-0.05, 0) is 38.1 Å². The molecule has 0 aromatic heterocycles. The fraction of sp³-hybridized carbons (Fsp3) is 0.500.